The Kier molecular flexibility index (Phi) is 1.98. The van der Waals surface area contributed by atoms with Crippen molar-refractivity contribution in [1.82, 2.24) is 4.90 Å². The van der Waals surface area contributed by atoms with Gasteiger partial charge >= 0.3 is 5.97 Å². The summed E-state index contributed by atoms with van der Waals surface area (Å²) in [7, 11) is 0. The zero-order valence-electron chi connectivity index (χ0n) is 7.40. The number of carbonyl (C=O) groups is 2. The normalized spacial score (nSPS) is 28.2. The van der Waals surface area contributed by atoms with E-state index in [1.807, 2.05) is 0 Å². The summed E-state index contributed by atoms with van der Waals surface area (Å²) in [6.45, 7) is 0.663. The van der Waals surface area contributed by atoms with Crippen LogP contribution in [-0.4, -0.2) is 34.5 Å². The molecule has 1 heterocycles. The number of amides is 1. The van der Waals surface area contributed by atoms with Crippen LogP contribution in [0, 0.1) is 5.92 Å². The summed E-state index contributed by atoms with van der Waals surface area (Å²) in [5.74, 6) is -0.269. The molecular weight excluding hydrogens is 170 g/mol. The molecule has 0 aromatic heterocycles. The third-order valence-electron chi connectivity index (χ3n) is 2.77. The van der Waals surface area contributed by atoms with Gasteiger partial charge in [0.2, 0.25) is 5.91 Å². The molecule has 2 fully saturated rings. The molecule has 1 aliphatic heterocycles. The van der Waals surface area contributed by atoms with E-state index < -0.39 is 12.0 Å². The molecule has 1 amide bonds. The molecule has 0 bridgehead atoms. The number of nitrogens with zero attached hydrogens (tertiary/aromatic N) is 1. The van der Waals surface area contributed by atoms with E-state index in [0.717, 1.165) is 12.8 Å². The van der Waals surface area contributed by atoms with Crippen molar-refractivity contribution in [2.75, 3.05) is 6.54 Å². The van der Waals surface area contributed by atoms with Gasteiger partial charge in [-0.1, -0.05) is 0 Å². The Morgan fingerprint density at radius 1 is 1.46 bits per heavy atom. The molecule has 2 aliphatic rings. The van der Waals surface area contributed by atoms with Crippen LogP contribution < -0.4 is 0 Å². The van der Waals surface area contributed by atoms with E-state index in [1.54, 1.807) is 4.90 Å². The predicted octanol–water partition coefficient (Wildman–Crippen LogP) is 0.472. The van der Waals surface area contributed by atoms with Crippen molar-refractivity contribution >= 4 is 11.9 Å². The van der Waals surface area contributed by atoms with Gasteiger partial charge in [0.15, 0.2) is 0 Å². The van der Waals surface area contributed by atoms with Crippen molar-refractivity contribution in [2.24, 2.45) is 5.92 Å². The van der Waals surface area contributed by atoms with Crippen molar-refractivity contribution < 1.29 is 14.7 Å². The van der Waals surface area contributed by atoms with E-state index in [0.29, 0.717) is 25.3 Å². The fourth-order valence-corrected chi connectivity index (χ4v) is 1.80. The second-order valence-electron chi connectivity index (χ2n) is 3.88. The van der Waals surface area contributed by atoms with Crippen LogP contribution in [0.5, 0.6) is 0 Å². The molecule has 1 atom stereocenters. The third-order valence-corrected chi connectivity index (χ3v) is 2.77. The van der Waals surface area contributed by atoms with Crippen molar-refractivity contribution in [1.29, 1.82) is 0 Å². The minimum atomic E-state index is -0.855. The van der Waals surface area contributed by atoms with Crippen molar-refractivity contribution in [3.63, 3.8) is 0 Å². The largest absolute Gasteiger partial charge is 0.480 e. The summed E-state index contributed by atoms with van der Waals surface area (Å²) in [6, 6.07) is -0.548. The van der Waals surface area contributed by atoms with Gasteiger partial charge < -0.3 is 10.0 Å². The quantitative estimate of drug-likeness (QED) is 0.692. The van der Waals surface area contributed by atoms with Gasteiger partial charge in [0.1, 0.15) is 6.04 Å². The third kappa shape index (κ3) is 1.66. The molecule has 4 nitrogen and oxygen atoms in total. The van der Waals surface area contributed by atoms with Crippen LogP contribution >= 0.6 is 0 Å². The van der Waals surface area contributed by atoms with Crippen LogP contribution in [-0.2, 0) is 9.59 Å². The molecule has 0 aromatic rings. The average molecular weight is 183 g/mol. The van der Waals surface area contributed by atoms with E-state index in [4.69, 9.17) is 5.11 Å². The van der Waals surface area contributed by atoms with Crippen LogP contribution in [0.3, 0.4) is 0 Å². The molecule has 1 saturated carbocycles. The van der Waals surface area contributed by atoms with Crippen molar-refractivity contribution in [2.45, 2.75) is 31.7 Å². The summed E-state index contributed by atoms with van der Waals surface area (Å²) in [5.41, 5.74) is 0. The second-order valence-corrected chi connectivity index (χ2v) is 3.88. The second kappa shape index (κ2) is 3.01. The van der Waals surface area contributed by atoms with Gasteiger partial charge in [-0.05, 0) is 25.2 Å². The molecule has 1 aliphatic carbocycles. The summed E-state index contributed by atoms with van der Waals surface area (Å²) < 4.78 is 0. The topological polar surface area (TPSA) is 57.6 Å². The molecule has 1 N–H and O–H groups in total. The Balaban J connectivity index is 2.01. The Labute approximate surface area is 76.5 Å². The monoisotopic (exact) mass is 183 g/mol. The maximum Gasteiger partial charge on any atom is 0.326 e. The lowest BCUT2D eigenvalue weighted by molar-refractivity contribution is -0.146. The number of rotatable bonds is 3. The minimum absolute atomic E-state index is 0.0132. The Morgan fingerprint density at radius 2 is 2.15 bits per heavy atom. The maximum absolute atomic E-state index is 11.3. The van der Waals surface area contributed by atoms with Gasteiger partial charge in [0, 0.05) is 13.0 Å². The van der Waals surface area contributed by atoms with Gasteiger partial charge in [-0.25, -0.2) is 4.79 Å². The van der Waals surface area contributed by atoms with Crippen LogP contribution in [0.25, 0.3) is 0 Å². The predicted molar refractivity (Wildman–Crippen MR) is 45.1 cm³/mol. The van der Waals surface area contributed by atoms with Crippen molar-refractivity contribution in [3.05, 3.63) is 0 Å². The van der Waals surface area contributed by atoms with Crippen LogP contribution in [0.15, 0.2) is 0 Å². The van der Waals surface area contributed by atoms with E-state index in [2.05, 4.69) is 0 Å². The number of hydrogen-bond acceptors (Lipinski definition) is 2. The highest BCUT2D eigenvalue weighted by atomic mass is 16.4. The van der Waals surface area contributed by atoms with E-state index in [-0.39, 0.29) is 5.91 Å². The van der Waals surface area contributed by atoms with E-state index in [9.17, 15) is 9.59 Å². The fourth-order valence-electron chi connectivity index (χ4n) is 1.80. The van der Waals surface area contributed by atoms with Crippen LogP contribution in [0.4, 0.5) is 0 Å². The van der Waals surface area contributed by atoms with Gasteiger partial charge in [-0.3, -0.25) is 4.79 Å². The van der Waals surface area contributed by atoms with Gasteiger partial charge in [-0.2, -0.15) is 0 Å². The summed E-state index contributed by atoms with van der Waals surface area (Å²) in [5, 5.41) is 8.84. The highest BCUT2D eigenvalue weighted by Crippen LogP contribution is 2.32. The molecule has 72 valence electrons. The highest BCUT2D eigenvalue weighted by Gasteiger charge is 2.38. The number of carboxylic acids is 1. The maximum atomic E-state index is 11.3. The van der Waals surface area contributed by atoms with Gasteiger partial charge in [0.25, 0.3) is 0 Å². The number of aliphatic carboxylic acids is 1. The van der Waals surface area contributed by atoms with Gasteiger partial charge in [0.05, 0.1) is 0 Å². The molecule has 0 radical (unpaired) electrons. The summed E-state index contributed by atoms with van der Waals surface area (Å²) in [4.78, 5) is 23.6. The highest BCUT2D eigenvalue weighted by molar-refractivity contribution is 5.87. The number of carbonyl (C=O) groups excluding carboxylic acids is 1. The first-order chi connectivity index (χ1) is 6.18. The molecule has 0 aromatic carbocycles. The number of likely N-dealkylation sites (tertiary alicyclic amines) is 1. The Hall–Kier alpha value is -1.06. The van der Waals surface area contributed by atoms with Gasteiger partial charge in [-0.15, -0.1) is 0 Å². The standard InChI is InChI=1S/C9H13NO3/c11-8-4-3-7(9(12)13)10(8)5-6-1-2-6/h6-7H,1-5H2,(H,12,13)/t7-/m0/s1. The number of carboxylic acid groups (broad SMARTS) is 1. The fraction of sp³-hybridized carbons (Fsp3) is 0.778. The van der Waals surface area contributed by atoms with Crippen LogP contribution in [0.2, 0.25) is 0 Å². The lowest BCUT2D eigenvalue weighted by Gasteiger charge is -2.20. The summed E-state index contributed by atoms with van der Waals surface area (Å²) >= 11 is 0. The van der Waals surface area contributed by atoms with Crippen molar-refractivity contribution in [3.8, 4) is 0 Å². The SMILES string of the molecule is O=C(O)[C@@H]1CCC(=O)N1CC1CC1. The molecule has 1 saturated heterocycles. The van der Waals surface area contributed by atoms with E-state index >= 15 is 0 Å². The van der Waals surface area contributed by atoms with Crippen LogP contribution in [0.1, 0.15) is 25.7 Å². The summed E-state index contributed by atoms with van der Waals surface area (Å²) in [6.07, 6.45) is 3.19. The molecule has 0 spiro atoms. The lowest BCUT2D eigenvalue weighted by atomic mass is 10.2. The molecule has 13 heavy (non-hydrogen) atoms. The molecule has 0 unspecified atom stereocenters. The first-order valence-electron chi connectivity index (χ1n) is 4.71. The zero-order valence-corrected chi connectivity index (χ0v) is 7.40. The first-order valence-corrected chi connectivity index (χ1v) is 4.71. The molecular formula is C9H13NO3. The zero-order chi connectivity index (χ0) is 9.42. The minimum Gasteiger partial charge on any atom is -0.480 e. The molecule has 2 rings (SSSR count). The Morgan fingerprint density at radius 3 is 2.69 bits per heavy atom. The smallest absolute Gasteiger partial charge is 0.326 e. The Bertz CT molecular complexity index is 247. The lowest BCUT2D eigenvalue weighted by Crippen LogP contribution is -2.39. The average Bonchev–Trinajstić information content (AvgIpc) is 2.78. The number of hydrogen-bond donors (Lipinski definition) is 1. The molecule has 4 heteroatoms. The first kappa shape index (κ1) is 8.53. The van der Waals surface area contributed by atoms with E-state index in [1.165, 1.54) is 0 Å².